The molecule has 0 saturated heterocycles. The average Bonchev–Trinajstić information content (AvgIpc) is 2.95. The zero-order valence-electron chi connectivity index (χ0n) is 9.47. The van der Waals surface area contributed by atoms with Crippen molar-refractivity contribution in [2.24, 2.45) is 0 Å². The summed E-state index contributed by atoms with van der Waals surface area (Å²) in [4.78, 5) is 0. The molecule has 2 nitrogen and oxygen atoms in total. The van der Waals surface area contributed by atoms with Gasteiger partial charge < -0.3 is 10.3 Å². The number of nitrogens with zero attached hydrogens (tertiary/aromatic N) is 1. The van der Waals surface area contributed by atoms with Crippen molar-refractivity contribution in [3.05, 3.63) is 52.9 Å². The van der Waals surface area contributed by atoms with Crippen LogP contribution in [0.2, 0.25) is 0 Å². The molecule has 2 N–H and O–H groups in total. The Kier molecular flexibility index (Phi) is 2.61. The van der Waals surface area contributed by atoms with Gasteiger partial charge >= 0.3 is 0 Å². The summed E-state index contributed by atoms with van der Waals surface area (Å²) < 4.78 is 2.24. The Balaban J connectivity index is 1.90. The van der Waals surface area contributed by atoms with Crippen molar-refractivity contribution in [1.29, 1.82) is 0 Å². The minimum absolute atomic E-state index is 0.859. The molecule has 2 aromatic heterocycles. The molecule has 0 aliphatic heterocycles. The molecule has 0 bridgehead atoms. The number of benzene rings is 1. The molecule has 0 amide bonds. The van der Waals surface area contributed by atoms with Crippen molar-refractivity contribution >= 4 is 27.9 Å². The van der Waals surface area contributed by atoms with Gasteiger partial charge in [0.25, 0.3) is 0 Å². The number of nitrogen functional groups attached to an aromatic ring is 1. The highest BCUT2D eigenvalue weighted by Gasteiger charge is 2.04. The summed E-state index contributed by atoms with van der Waals surface area (Å²) in [7, 11) is 0. The highest BCUT2D eigenvalue weighted by molar-refractivity contribution is 7.07. The molecule has 0 unspecified atom stereocenters. The van der Waals surface area contributed by atoms with Gasteiger partial charge in [-0.15, -0.1) is 0 Å². The van der Waals surface area contributed by atoms with Crippen LogP contribution in [0.3, 0.4) is 0 Å². The standard InChI is InChI=1S/C14H14N2S/c15-13-3-1-2-12-5-8-16(14(12)13)7-4-11-6-9-17-10-11/h1-3,5-6,8-10H,4,7,15H2. The van der Waals surface area contributed by atoms with E-state index in [9.17, 15) is 0 Å². The number of aryl methyl sites for hydroxylation is 2. The molecule has 0 aliphatic carbocycles. The third-order valence-electron chi connectivity index (χ3n) is 3.04. The molecule has 2 heterocycles. The lowest BCUT2D eigenvalue weighted by molar-refractivity contribution is 0.725. The zero-order chi connectivity index (χ0) is 11.7. The minimum Gasteiger partial charge on any atom is -0.397 e. The first-order valence-corrected chi connectivity index (χ1v) is 6.63. The Bertz CT molecular complexity index is 623. The number of thiophene rings is 1. The van der Waals surface area contributed by atoms with Gasteiger partial charge in [0.15, 0.2) is 0 Å². The number of hydrogen-bond acceptors (Lipinski definition) is 2. The minimum atomic E-state index is 0.859. The molecule has 0 fully saturated rings. The molecule has 0 aliphatic rings. The molecular formula is C14H14N2S. The fourth-order valence-electron chi connectivity index (χ4n) is 2.16. The van der Waals surface area contributed by atoms with E-state index in [2.05, 4.69) is 39.7 Å². The van der Waals surface area contributed by atoms with Crippen LogP contribution in [-0.2, 0) is 13.0 Å². The molecule has 3 rings (SSSR count). The van der Waals surface area contributed by atoms with E-state index in [1.165, 1.54) is 10.9 Å². The molecule has 17 heavy (non-hydrogen) atoms. The molecule has 1 aromatic carbocycles. The first-order chi connectivity index (χ1) is 8.34. The summed E-state index contributed by atoms with van der Waals surface area (Å²) >= 11 is 1.75. The second-order valence-corrected chi connectivity index (χ2v) is 4.96. The number of rotatable bonds is 3. The van der Waals surface area contributed by atoms with E-state index in [0.29, 0.717) is 0 Å². The fourth-order valence-corrected chi connectivity index (χ4v) is 2.86. The van der Waals surface area contributed by atoms with Crippen LogP contribution in [0.25, 0.3) is 10.9 Å². The number of anilines is 1. The van der Waals surface area contributed by atoms with Crippen LogP contribution in [0.15, 0.2) is 47.3 Å². The summed E-state index contributed by atoms with van der Waals surface area (Å²) in [5.41, 5.74) is 9.44. The highest BCUT2D eigenvalue weighted by atomic mass is 32.1. The predicted molar refractivity (Wildman–Crippen MR) is 74.4 cm³/mol. The fraction of sp³-hybridized carbons (Fsp3) is 0.143. The maximum atomic E-state index is 6.03. The number of para-hydroxylation sites is 1. The predicted octanol–water partition coefficient (Wildman–Crippen LogP) is 3.53. The third kappa shape index (κ3) is 1.94. The van der Waals surface area contributed by atoms with Crippen LogP contribution >= 0.6 is 11.3 Å². The van der Waals surface area contributed by atoms with Crippen molar-refractivity contribution in [1.82, 2.24) is 4.57 Å². The van der Waals surface area contributed by atoms with E-state index in [1.54, 1.807) is 11.3 Å². The van der Waals surface area contributed by atoms with Crippen LogP contribution in [0.1, 0.15) is 5.56 Å². The second kappa shape index (κ2) is 4.26. The van der Waals surface area contributed by atoms with E-state index in [1.807, 2.05) is 12.1 Å². The molecule has 0 spiro atoms. The SMILES string of the molecule is Nc1cccc2ccn(CCc3ccsc3)c12. The van der Waals surface area contributed by atoms with Crippen molar-refractivity contribution in [2.75, 3.05) is 5.73 Å². The summed E-state index contributed by atoms with van der Waals surface area (Å²) in [6.45, 7) is 0.981. The first-order valence-electron chi connectivity index (χ1n) is 5.69. The van der Waals surface area contributed by atoms with Crippen LogP contribution in [0.5, 0.6) is 0 Å². The number of fused-ring (bicyclic) bond motifs is 1. The lowest BCUT2D eigenvalue weighted by atomic mass is 10.2. The van der Waals surface area contributed by atoms with E-state index < -0.39 is 0 Å². The van der Waals surface area contributed by atoms with Gasteiger partial charge in [-0.25, -0.2) is 0 Å². The Morgan fingerprint density at radius 1 is 1.18 bits per heavy atom. The van der Waals surface area contributed by atoms with Gasteiger partial charge in [-0.2, -0.15) is 11.3 Å². The van der Waals surface area contributed by atoms with Crippen molar-refractivity contribution in [3.8, 4) is 0 Å². The van der Waals surface area contributed by atoms with Crippen LogP contribution < -0.4 is 5.73 Å². The quantitative estimate of drug-likeness (QED) is 0.700. The van der Waals surface area contributed by atoms with E-state index in [0.717, 1.165) is 24.2 Å². The van der Waals surface area contributed by atoms with Crippen molar-refractivity contribution in [3.63, 3.8) is 0 Å². The van der Waals surface area contributed by atoms with Gasteiger partial charge in [-0.05, 0) is 40.9 Å². The van der Waals surface area contributed by atoms with E-state index in [4.69, 9.17) is 5.73 Å². The van der Waals surface area contributed by atoms with Crippen LogP contribution in [0.4, 0.5) is 5.69 Å². The van der Waals surface area contributed by atoms with Crippen molar-refractivity contribution in [2.45, 2.75) is 13.0 Å². The number of hydrogen-bond donors (Lipinski definition) is 1. The number of nitrogens with two attached hydrogens (primary N) is 1. The normalized spacial score (nSPS) is 11.1. The Labute approximate surface area is 104 Å². The maximum absolute atomic E-state index is 6.03. The summed E-state index contributed by atoms with van der Waals surface area (Å²) in [5.74, 6) is 0. The summed E-state index contributed by atoms with van der Waals surface area (Å²) in [6.07, 6.45) is 3.18. The van der Waals surface area contributed by atoms with Gasteiger partial charge in [-0.3, -0.25) is 0 Å². The average molecular weight is 242 g/mol. The Morgan fingerprint density at radius 3 is 2.94 bits per heavy atom. The lowest BCUT2D eigenvalue weighted by Gasteiger charge is -2.06. The topological polar surface area (TPSA) is 30.9 Å². The van der Waals surface area contributed by atoms with E-state index >= 15 is 0 Å². The smallest absolute Gasteiger partial charge is 0.0713 e. The molecular weight excluding hydrogens is 228 g/mol. The second-order valence-electron chi connectivity index (χ2n) is 4.18. The molecule has 0 atom stereocenters. The Hall–Kier alpha value is -1.74. The largest absolute Gasteiger partial charge is 0.397 e. The van der Waals surface area contributed by atoms with Crippen LogP contribution in [0, 0.1) is 0 Å². The molecule has 3 heteroatoms. The molecule has 0 saturated carbocycles. The lowest BCUT2D eigenvalue weighted by Crippen LogP contribution is -2.01. The van der Waals surface area contributed by atoms with Gasteiger partial charge in [0.05, 0.1) is 11.2 Å². The van der Waals surface area contributed by atoms with Gasteiger partial charge in [0.1, 0.15) is 0 Å². The third-order valence-corrected chi connectivity index (χ3v) is 3.77. The Morgan fingerprint density at radius 2 is 2.12 bits per heavy atom. The summed E-state index contributed by atoms with van der Waals surface area (Å²) in [6, 6.07) is 10.4. The van der Waals surface area contributed by atoms with Gasteiger partial charge in [0, 0.05) is 18.1 Å². The van der Waals surface area contributed by atoms with Crippen LogP contribution in [-0.4, -0.2) is 4.57 Å². The molecule has 0 radical (unpaired) electrons. The van der Waals surface area contributed by atoms with Gasteiger partial charge in [0.2, 0.25) is 0 Å². The van der Waals surface area contributed by atoms with Gasteiger partial charge in [-0.1, -0.05) is 12.1 Å². The highest BCUT2D eigenvalue weighted by Crippen LogP contribution is 2.22. The number of aromatic nitrogens is 1. The maximum Gasteiger partial charge on any atom is 0.0713 e. The first kappa shape index (κ1) is 10.4. The molecule has 3 aromatic rings. The molecule has 86 valence electrons. The monoisotopic (exact) mass is 242 g/mol. The summed E-state index contributed by atoms with van der Waals surface area (Å²) in [5, 5.41) is 5.54. The van der Waals surface area contributed by atoms with E-state index in [-0.39, 0.29) is 0 Å². The zero-order valence-corrected chi connectivity index (χ0v) is 10.3. The van der Waals surface area contributed by atoms with Crippen molar-refractivity contribution < 1.29 is 0 Å².